The van der Waals surface area contributed by atoms with Gasteiger partial charge in [0.1, 0.15) is 5.76 Å². The van der Waals surface area contributed by atoms with Crippen LogP contribution in [0.25, 0.3) is 0 Å². The molecule has 112 valence electrons. The number of rotatable bonds is 3. The largest absolute Gasteiger partial charge is 0.468 e. The third-order valence-electron chi connectivity index (χ3n) is 3.19. The molecule has 0 atom stereocenters. The van der Waals surface area contributed by atoms with Gasteiger partial charge in [0.15, 0.2) is 0 Å². The summed E-state index contributed by atoms with van der Waals surface area (Å²) < 4.78 is 7.64. The third-order valence-corrected chi connectivity index (χ3v) is 8.68. The van der Waals surface area contributed by atoms with Crippen molar-refractivity contribution < 1.29 is 4.42 Å². The Hall–Kier alpha value is -0.860. The monoisotopic (exact) mass is 364 g/mol. The van der Waals surface area contributed by atoms with E-state index < -0.39 is 0 Å². The number of nitriles is 2. The Bertz CT molecular complexity index is 634. The van der Waals surface area contributed by atoms with Crippen LogP contribution >= 0.6 is 47.0 Å². The summed E-state index contributed by atoms with van der Waals surface area (Å²) in [5.41, 5.74) is 1.30. The Morgan fingerprint density at radius 1 is 0.955 bits per heavy atom. The molecule has 2 saturated heterocycles. The standard InChI is InChI=1S/C15H12N2OS4/c16-8-10(14-19-4-5-20-14)13(12-2-1-3-18-12)11(9-17)15-21-6-7-22-15/h1-3,13H,4-7H2. The Labute approximate surface area is 146 Å². The number of nitrogens with zero attached hydrogens (tertiary/aromatic N) is 2. The second-order valence-corrected chi connectivity index (χ2v) is 9.41. The van der Waals surface area contributed by atoms with Crippen LogP contribution in [0.15, 0.2) is 42.4 Å². The fourth-order valence-electron chi connectivity index (χ4n) is 2.27. The SMILES string of the molecule is N#CC(=C1SCCS1)C(C(C#N)=C1SCCS1)c1ccco1. The molecule has 3 rings (SSSR count). The fourth-order valence-corrected chi connectivity index (χ4v) is 7.29. The molecule has 1 aromatic rings. The molecule has 0 unspecified atom stereocenters. The lowest BCUT2D eigenvalue weighted by Gasteiger charge is -2.16. The molecule has 3 nitrogen and oxygen atoms in total. The topological polar surface area (TPSA) is 60.7 Å². The van der Waals surface area contributed by atoms with Crippen LogP contribution in [-0.2, 0) is 0 Å². The van der Waals surface area contributed by atoms with Crippen LogP contribution in [0.4, 0.5) is 0 Å². The first kappa shape index (κ1) is 16.0. The lowest BCUT2D eigenvalue weighted by molar-refractivity contribution is 0.504. The van der Waals surface area contributed by atoms with Gasteiger partial charge in [0, 0.05) is 23.0 Å². The third kappa shape index (κ3) is 3.23. The van der Waals surface area contributed by atoms with E-state index in [-0.39, 0.29) is 5.92 Å². The molecule has 2 aliphatic heterocycles. The van der Waals surface area contributed by atoms with Crippen molar-refractivity contribution in [1.29, 1.82) is 10.5 Å². The highest BCUT2D eigenvalue weighted by Crippen LogP contribution is 2.48. The van der Waals surface area contributed by atoms with Crippen molar-refractivity contribution >= 4 is 47.0 Å². The normalized spacial score (nSPS) is 17.6. The van der Waals surface area contributed by atoms with E-state index in [4.69, 9.17) is 4.42 Å². The Morgan fingerprint density at radius 2 is 1.45 bits per heavy atom. The first-order valence-electron chi connectivity index (χ1n) is 6.68. The summed E-state index contributed by atoms with van der Waals surface area (Å²) in [6.07, 6.45) is 1.60. The Morgan fingerprint density at radius 3 is 1.82 bits per heavy atom. The molecule has 0 aromatic carbocycles. The molecule has 0 radical (unpaired) electrons. The van der Waals surface area contributed by atoms with Gasteiger partial charge in [-0.15, -0.1) is 47.0 Å². The van der Waals surface area contributed by atoms with Gasteiger partial charge >= 0.3 is 0 Å². The number of hydrogen-bond donors (Lipinski definition) is 0. The van der Waals surface area contributed by atoms with Crippen molar-refractivity contribution in [2.24, 2.45) is 0 Å². The van der Waals surface area contributed by atoms with E-state index in [1.807, 2.05) is 12.1 Å². The average molecular weight is 365 g/mol. The Kier molecular flexibility index (Phi) is 5.54. The smallest absolute Gasteiger partial charge is 0.117 e. The molecule has 0 aliphatic carbocycles. The maximum atomic E-state index is 9.72. The predicted molar refractivity (Wildman–Crippen MR) is 96.6 cm³/mol. The second kappa shape index (κ2) is 7.61. The molecule has 0 amide bonds. The summed E-state index contributed by atoms with van der Waals surface area (Å²) in [4.78, 5) is 0. The van der Waals surface area contributed by atoms with E-state index >= 15 is 0 Å². The van der Waals surface area contributed by atoms with Gasteiger partial charge in [0.25, 0.3) is 0 Å². The van der Waals surface area contributed by atoms with Crippen molar-refractivity contribution in [3.8, 4) is 12.1 Å². The summed E-state index contributed by atoms with van der Waals surface area (Å²) in [5, 5.41) is 19.4. The molecule has 0 N–H and O–H groups in total. The summed E-state index contributed by atoms with van der Waals surface area (Å²) in [6.45, 7) is 0. The first-order valence-corrected chi connectivity index (χ1v) is 10.6. The van der Waals surface area contributed by atoms with E-state index in [9.17, 15) is 10.5 Å². The van der Waals surface area contributed by atoms with Crippen LogP contribution in [0.1, 0.15) is 11.7 Å². The number of hydrogen-bond acceptors (Lipinski definition) is 7. The molecule has 1 aromatic heterocycles. The van der Waals surface area contributed by atoms with Crippen LogP contribution in [-0.4, -0.2) is 23.0 Å². The Balaban J connectivity index is 2.13. The molecule has 2 fully saturated rings. The van der Waals surface area contributed by atoms with Crippen LogP contribution in [0.5, 0.6) is 0 Å². The van der Waals surface area contributed by atoms with E-state index in [1.165, 1.54) is 0 Å². The summed E-state index contributed by atoms with van der Waals surface area (Å²) >= 11 is 6.82. The number of thioether (sulfide) groups is 4. The number of furan rings is 1. The maximum absolute atomic E-state index is 9.72. The molecule has 0 bridgehead atoms. The fraction of sp³-hybridized carbons (Fsp3) is 0.333. The highest BCUT2D eigenvalue weighted by atomic mass is 32.2. The van der Waals surface area contributed by atoms with Crippen LogP contribution in [0.3, 0.4) is 0 Å². The van der Waals surface area contributed by atoms with Crippen LogP contribution in [0.2, 0.25) is 0 Å². The van der Waals surface area contributed by atoms with Crippen LogP contribution < -0.4 is 0 Å². The highest BCUT2D eigenvalue weighted by molar-refractivity contribution is 8.25. The van der Waals surface area contributed by atoms with Gasteiger partial charge in [0.2, 0.25) is 0 Å². The summed E-state index contributed by atoms with van der Waals surface area (Å²) in [7, 11) is 0. The quantitative estimate of drug-likeness (QED) is 0.714. The zero-order chi connectivity index (χ0) is 15.4. The highest BCUT2D eigenvalue weighted by Gasteiger charge is 2.32. The summed E-state index contributed by atoms with van der Waals surface area (Å²) in [6, 6.07) is 8.36. The van der Waals surface area contributed by atoms with Crippen molar-refractivity contribution in [2.45, 2.75) is 5.92 Å². The zero-order valence-electron chi connectivity index (χ0n) is 11.6. The lowest BCUT2D eigenvalue weighted by Crippen LogP contribution is -2.05. The summed E-state index contributed by atoms with van der Waals surface area (Å²) in [5.74, 6) is 4.34. The zero-order valence-corrected chi connectivity index (χ0v) is 14.8. The molecule has 3 heterocycles. The number of allylic oxidation sites excluding steroid dienone is 2. The molecule has 22 heavy (non-hydrogen) atoms. The molecule has 7 heteroatoms. The van der Waals surface area contributed by atoms with E-state index in [0.717, 1.165) is 31.5 Å². The predicted octanol–water partition coefficient (Wildman–Crippen LogP) is 4.79. The average Bonchev–Trinajstić information content (AvgIpc) is 3.29. The van der Waals surface area contributed by atoms with Gasteiger partial charge in [-0.3, -0.25) is 0 Å². The van der Waals surface area contributed by atoms with Gasteiger partial charge in [-0.2, -0.15) is 10.5 Å². The van der Waals surface area contributed by atoms with Gasteiger partial charge < -0.3 is 4.42 Å². The minimum Gasteiger partial charge on any atom is -0.468 e. The van der Waals surface area contributed by atoms with Crippen LogP contribution in [0, 0.1) is 22.7 Å². The van der Waals surface area contributed by atoms with Crippen molar-refractivity contribution in [2.75, 3.05) is 23.0 Å². The van der Waals surface area contributed by atoms with E-state index in [2.05, 4.69) is 12.1 Å². The minimum atomic E-state index is -0.383. The van der Waals surface area contributed by atoms with E-state index in [0.29, 0.717) is 16.9 Å². The van der Waals surface area contributed by atoms with Gasteiger partial charge in [-0.05, 0) is 12.1 Å². The molecule has 2 aliphatic rings. The van der Waals surface area contributed by atoms with Crippen molar-refractivity contribution in [3.63, 3.8) is 0 Å². The van der Waals surface area contributed by atoms with Crippen molar-refractivity contribution in [1.82, 2.24) is 0 Å². The molecule has 0 saturated carbocycles. The molecular weight excluding hydrogens is 352 g/mol. The minimum absolute atomic E-state index is 0.383. The van der Waals surface area contributed by atoms with Gasteiger partial charge in [-0.1, -0.05) is 0 Å². The second-order valence-electron chi connectivity index (χ2n) is 4.47. The first-order chi connectivity index (χ1) is 10.8. The van der Waals surface area contributed by atoms with E-state index in [1.54, 1.807) is 53.3 Å². The van der Waals surface area contributed by atoms with Gasteiger partial charge in [0.05, 0.1) is 43.9 Å². The molecule has 0 spiro atoms. The maximum Gasteiger partial charge on any atom is 0.117 e. The van der Waals surface area contributed by atoms with Crippen molar-refractivity contribution in [3.05, 3.63) is 43.8 Å². The lowest BCUT2D eigenvalue weighted by atomic mass is 9.91. The van der Waals surface area contributed by atoms with Gasteiger partial charge in [-0.25, -0.2) is 0 Å². The molecular formula is C15H12N2OS4.